The summed E-state index contributed by atoms with van der Waals surface area (Å²) in [5.74, 6) is 0.395. The van der Waals surface area contributed by atoms with Crippen molar-refractivity contribution in [2.24, 2.45) is 5.92 Å². The first-order valence-electron chi connectivity index (χ1n) is 6.94. The SMILES string of the molecule is CC(C)CNC(=O)/C(Br)=C\C=CCCc1ccccc1. The van der Waals surface area contributed by atoms with Crippen LogP contribution in [0.5, 0.6) is 0 Å². The minimum Gasteiger partial charge on any atom is -0.351 e. The van der Waals surface area contributed by atoms with E-state index in [1.165, 1.54) is 5.56 Å². The highest BCUT2D eigenvalue weighted by Gasteiger charge is 2.04. The standard InChI is InChI=1S/C17H22BrNO/c1-14(2)13-19-17(20)16(18)12-8-4-7-11-15-9-5-3-6-10-15/h3-6,8-10,12,14H,7,11,13H2,1-2H3,(H,19,20)/b8-4?,16-12+. The summed E-state index contributed by atoms with van der Waals surface area (Å²) in [5.41, 5.74) is 1.33. The third kappa shape index (κ3) is 7.29. The molecule has 0 aliphatic rings. The molecular weight excluding hydrogens is 314 g/mol. The maximum atomic E-state index is 11.7. The highest BCUT2D eigenvalue weighted by molar-refractivity contribution is 9.12. The fourth-order valence-corrected chi connectivity index (χ4v) is 1.89. The zero-order chi connectivity index (χ0) is 14.8. The molecule has 2 nitrogen and oxygen atoms in total. The Morgan fingerprint density at radius 1 is 1.30 bits per heavy atom. The minimum absolute atomic E-state index is 0.0635. The predicted octanol–water partition coefficient (Wildman–Crippen LogP) is 4.23. The number of allylic oxidation sites excluding steroid dienone is 3. The van der Waals surface area contributed by atoms with Gasteiger partial charge < -0.3 is 5.32 Å². The van der Waals surface area contributed by atoms with E-state index in [2.05, 4.69) is 65.4 Å². The quantitative estimate of drug-likeness (QED) is 0.586. The Bertz CT molecular complexity index is 463. The summed E-state index contributed by atoms with van der Waals surface area (Å²) in [4.78, 5) is 11.7. The molecule has 20 heavy (non-hydrogen) atoms. The number of aryl methyl sites for hydroxylation is 1. The first-order chi connectivity index (χ1) is 9.59. The van der Waals surface area contributed by atoms with Crippen LogP contribution in [0.15, 0.2) is 53.0 Å². The summed E-state index contributed by atoms with van der Waals surface area (Å²) >= 11 is 3.29. The average Bonchev–Trinajstić information content (AvgIpc) is 2.45. The van der Waals surface area contributed by atoms with Crippen molar-refractivity contribution in [3.8, 4) is 0 Å². The van der Waals surface area contributed by atoms with Crippen molar-refractivity contribution in [1.29, 1.82) is 0 Å². The van der Waals surface area contributed by atoms with E-state index in [0.717, 1.165) is 12.8 Å². The number of amides is 1. The van der Waals surface area contributed by atoms with Crippen LogP contribution in [0.25, 0.3) is 0 Å². The number of hydrogen-bond donors (Lipinski definition) is 1. The molecule has 0 spiro atoms. The Labute approximate surface area is 130 Å². The summed E-state index contributed by atoms with van der Waals surface area (Å²) in [6.45, 7) is 4.84. The first-order valence-corrected chi connectivity index (χ1v) is 7.73. The van der Waals surface area contributed by atoms with Crippen LogP contribution in [0.3, 0.4) is 0 Å². The summed E-state index contributed by atoms with van der Waals surface area (Å²) in [5, 5.41) is 2.86. The molecule has 0 bridgehead atoms. The Balaban J connectivity index is 2.31. The topological polar surface area (TPSA) is 29.1 Å². The average molecular weight is 336 g/mol. The number of benzene rings is 1. The van der Waals surface area contributed by atoms with Gasteiger partial charge >= 0.3 is 0 Å². The third-order valence-electron chi connectivity index (χ3n) is 2.71. The maximum absolute atomic E-state index is 11.7. The van der Waals surface area contributed by atoms with Crippen LogP contribution in [-0.2, 0) is 11.2 Å². The molecule has 1 amide bonds. The maximum Gasteiger partial charge on any atom is 0.258 e. The van der Waals surface area contributed by atoms with Crippen LogP contribution < -0.4 is 5.32 Å². The van der Waals surface area contributed by atoms with Gasteiger partial charge in [-0.3, -0.25) is 4.79 Å². The zero-order valence-corrected chi connectivity index (χ0v) is 13.7. The number of nitrogens with one attached hydrogen (secondary N) is 1. The summed E-state index contributed by atoms with van der Waals surface area (Å²) in [6, 6.07) is 10.4. The lowest BCUT2D eigenvalue weighted by molar-refractivity contribution is -0.116. The molecule has 0 aliphatic heterocycles. The fraction of sp³-hybridized carbons (Fsp3) is 0.353. The molecule has 3 heteroatoms. The van der Waals surface area contributed by atoms with Crippen LogP contribution in [0.2, 0.25) is 0 Å². The van der Waals surface area contributed by atoms with Crippen molar-refractivity contribution in [2.45, 2.75) is 26.7 Å². The highest BCUT2D eigenvalue weighted by atomic mass is 79.9. The van der Waals surface area contributed by atoms with E-state index in [1.807, 2.05) is 12.1 Å². The van der Waals surface area contributed by atoms with E-state index in [0.29, 0.717) is 16.9 Å². The van der Waals surface area contributed by atoms with E-state index in [4.69, 9.17) is 0 Å². The van der Waals surface area contributed by atoms with E-state index in [-0.39, 0.29) is 5.91 Å². The zero-order valence-electron chi connectivity index (χ0n) is 12.1. The molecule has 0 heterocycles. The number of halogens is 1. The Kier molecular flexibility index (Phi) is 7.97. The van der Waals surface area contributed by atoms with Crippen molar-refractivity contribution in [1.82, 2.24) is 5.32 Å². The van der Waals surface area contributed by atoms with Gasteiger partial charge in [-0.05, 0) is 46.3 Å². The van der Waals surface area contributed by atoms with Crippen LogP contribution in [-0.4, -0.2) is 12.5 Å². The monoisotopic (exact) mass is 335 g/mol. The van der Waals surface area contributed by atoms with E-state index in [9.17, 15) is 4.79 Å². The van der Waals surface area contributed by atoms with Gasteiger partial charge in [0.1, 0.15) is 0 Å². The van der Waals surface area contributed by atoms with E-state index >= 15 is 0 Å². The molecule has 1 aromatic rings. The van der Waals surface area contributed by atoms with Crippen molar-refractivity contribution in [3.05, 3.63) is 58.6 Å². The van der Waals surface area contributed by atoms with Crippen molar-refractivity contribution >= 4 is 21.8 Å². The number of carbonyl (C=O) groups excluding carboxylic acids is 1. The Morgan fingerprint density at radius 2 is 2.00 bits per heavy atom. The van der Waals surface area contributed by atoms with Crippen LogP contribution >= 0.6 is 15.9 Å². The van der Waals surface area contributed by atoms with Crippen LogP contribution in [0.1, 0.15) is 25.8 Å². The minimum atomic E-state index is -0.0635. The van der Waals surface area contributed by atoms with Gasteiger partial charge in [-0.2, -0.15) is 0 Å². The second-order valence-electron chi connectivity index (χ2n) is 5.07. The first kappa shape index (κ1) is 16.7. The number of carbonyl (C=O) groups is 1. The van der Waals surface area contributed by atoms with Gasteiger partial charge in [0.2, 0.25) is 0 Å². The molecule has 0 radical (unpaired) electrons. The summed E-state index contributed by atoms with van der Waals surface area (Å²) in [7, 11) is 0. The molecule has 0 fully saturated rings. The lowest BCUT2D eigenvalue weighted by Crippen LogP contribution is -2.27. The number of hydrogen-bond acceptors (Lipinski definition) is 1. The van der Waals surface area contributed by atoms with Gasteiger partial charge in [0.05, 0.1) is 4.48 Å². The van der Waals surface area contributed by atoms with Crippen molar-refractivity contribution in [2.75, 3.05) is 6.54 Å². The van der Waals surface area contributed by atoms with Gasteiger partial charge in [-0.25, -0.2) is 0 Å². The predicted molar refractivity (Wildman–Crippen MR) is 88.8 cm³/mol. The van der Waals surface area contributed by atoms with Crippen molar-refractivity contribution < 1.29 is 4.79 Å². The van der Waals surface area contributed by atoms with Crippen LogP contribution in [0.4, 0.5) is 0 Å². The smallest absolute Gasteiger partial charge is 0.258 e. The molecule has 0 atom stereocenters. The van der Waals surface area contributed by atoms with Gasteiger partial charge in [0.15, 0.2) is 0 Å². The molecule has 1 rings (SSSR count). The molecule has 0 aliphatic carbocycles. The lowest BCUT2D eigenvalue weighted by atomic mass is 10.1. The fourth-order valence-electron chi connectivity index (χ4n) is 1.60. The molecule has 1 aromatic carbocycles. The van der Waals surface area contributed by atoms with E-state index < -0.39 is 0 Å². The van der Waals surface area contributed by atoms with Gasteiger partial charge in [-0.15, -0.1) is 0 Å². The molecule has 1 N–H and O–H groups in total. The summed E-state index contributed by atoms with van der Waals surface area (Å²) in [6.07, 6.45) is 7.77. The Hall–Kier alpha value is -1.35. The largest absolute Gasteiger partial charge is 0.351 e. The summed E-state index contributed by atoms with van der Waals surface area (Å²) < 4.78 is 0.564. The Morgan fingerprint density at radius 3 is 2.65 bits per heavy atom. The second-order valence-corrected chi connectivity index (χ2v) is 5.93. The molecule has 0 unspecified atom stereocenters. The lowest BCUT2D eigenvalue weighted by Gasteiger charge is -2.06. The number of rotatable bonds is 7. The van der Waals surface area contributed by atoms with E-state index in [1.54, 1.807) is 6.08 Å². The second kappa shape index (κ2) is 9.54. The van der Waals surface area contributed by atoms with Gasteiger partial charge in [0.25, 0.3) is 5.91 Å². The normalized spacial score (nSPS) is 12.1. The molecular formula is C17H22BrNO. The van der Waals surface area contributed by atoms with Gasteiger partial charge in [-0.1, -0.05) is 56.3 Å². The molecule has 0 saturated heterocycles. The molecule has 0 aromatic heterocycles. The van der Waals surface area contributed by atoms with Crippen LogP contribution in [0, 0.1) is 5.92 Å². The molecule has 108 valence electrons. The van der Waals surface area contributed by atoms with Crippen molar-refractivity contribution in [3.63, 3.8) is 0 Å². The molecule has 0 saturated carbocycles. The van der Waals surface area contributed by atoms with Gasteiger partial charge in [0, 0.05) is 6.54 Å². The third-order valence-corrected chi connectivity index (χ3v) is 3.33. The highest BCUT2D eigenvalue weighted by Crippen LogP contribution is 2.07.